The molecule has 0 bridgehead atoms. The van der Waals surface area contributed by atoms with Crippen LogP contribution in [0.15, 0.2) is 4.79 Å². The zero-order valence-corrected chi connectivity index (χ0v) is 13.4. The molecule has 2 aromatic rings. The monoisotopic (exact) mass is 301 g/mol. The molecule has 0 saturated heterocycles. The van der Waals surface area contributed by atoms with E-state index in [0.29, 0.717) is 17.4 Å². The van der Waals surface area contributed by atoms with Crippen molar-refractivity contribution in [3.05, 3.63) is 16.2 Å². The van der Waals surface area contributed by atoms with Crippen LogP contribution in [0.5, 0.6) is 0 Å². The lowest BCUT2D eigenvalue weighted by atomic mass is 9.90. The number of nitrogens with zero attached hydrogens (tertiary/aromatic N) is 3. The number of anilines is 1. The standard InChI is InChI=1S/C14H17N5O.C2H6/c1-19-10(8-7-9-5-3-2-4-6-9)16-11-12(19)17-14(15)18-13(11)20;1-2/h9H,2-6H2,1H3,(H3,15,17,18,20);1-2H3. The fraction of sp³-hybridized carbons (Fsp3) is 0.562. The summed E-state index contributed by atoms with van der Waals surface area (Å²) in [6.45, 7) is 4.00. The summed E-state index contributed by atoms with van der Waals surface area (Å²) in [4.78, 5) is 22.6. The van der Waals surface area contributed by atoms with Crippen molar-refractivity contribution in [1.82, 2.24) is 19.5 Å². The Morgan fingerprint density at radius 3 is 2.59 bits per heavy atom. The van der Waals surface area contributed by atoms with Gasteiger partial charge in [-0.2, -0.15) is 4.98 Å². The van der Waals surface area contributed by atoms with Crippen molar-refractivity contribution in [2.24, 2.45) is 13.0 Å². The Bertz CT molecular complexity index is 756. The molecular weight excluding hydrogens is 278 g/mol. The van der Waals surface area contributed by atoms with Gasteiger partial charge in [0.05, 0.1) is 0 Å². The molecule has 0 aromatic carbocycles. The van der Waals surface area contributed by atoms with Gasteiger partial charge >= 0.3 is 0 Å². The molecule has 0 amide bonds. The maximum Gasteiger partial charge on any atom is 0.280 e. The number of hydrogen-bond acceptors (Lipinski definition) is 4. The number of aryl methyl sites for hydroxylation is 1. The second-order valence-corrected chi connectivity index (χ2v) is 5.22. The smallest absolute Gasteiger partial charge is 0.280 e. The van der Waals surface area contributed by atoms with Gasteiger partial charge in [0.25, 0.3) is 5.56 Å². The third kappa shape index (κ3) is 3.30. The number of aromatic amines is 1. The Balaban J connectivity index is 0.000000847. The number of nitrogens with two attached hydrogens (primary N) is 1. The van der Waals surface area contributed by atoms with Gasteiger partial charge in [0.2, 0.25) is 5.95 Å². The van der Waals surface area contributed by atoms with Crippen LogP contribution in [-0.2, 0) is 7.05 Å². The van der Waals surface area contributed by atoms with E-state index in [1.54, 1.807) is 11.6 Å². The summed E-state index contributed by atoms with van der Waals surface area (Å²) in [6, 6.07) is 0. The van der Waals surface area contributed by atoms with Gasteiger partial charge in [-0.05, 0) is 18.8 Å². The lowest BCUT2D eigenvalue weighted by molar-refractivity contribution is 0.430. The molecule has 1 saturated carbocycles. The minimum absolute atomic E-state index is 0.0947. The third-order valence-corrected chi connectivity index (χ3v) is 3.74. The summed E-state index contributed by atoms with van der Waals surface area (Å²) >= 11 is 0. The number of imidazole rings is 1. The van der Waals surface area contributed by atoms with Crippen molar-refractivity contribution < 1.29 is 0 Å². The molecule has 3 rings (SSSR count). The average molecular weight is 301 g/mol. The minimum atomic E-state index is -0.325. The highest BCUT2D eigenvalue weighted by molar-refractivity contribution is 5.72. The van der Waals surface area contributed by atoms with Crippen molar-refractivity contribution in [3.63, 3.8) is 0 Å². The van der Waals surface area contributed by atoms with Crippen molar-refractivity contribution in [3.8, 4) is 11.8 Å². The SMILES string of the molecule is CC.Cn1c(C#CC2CCCCC2)nc2c(=O)[nH]c(N)nc21. The summed E-state index contributed by atoms with van der Waals surface area (Å²) in [5.41, 5.74) is 5.98. The van der Waals surface area contributed by atoms with Crippen LogP contribution < -0.4 is 11.3 Å². The quantitative estimate of drug-likeness (QED) is 0.730. The fourth-order valence-corrected chi connectivity index (χ4v) is 2.61. The second-order valence-electron chi connectivity index (χ2n) is 5.22. The number of H-pyrrole nitrogens is 1. The average Bonchev–Trinajstić information content (AvgIpc) is 2.85. The maximum atomic E-state index is 11.8. The number of aromatic nitrogens is 4. The van der Waals surface area contributed by atoms with Crippen LogP contribution in [0.4, 0.5) is 5.95 Å². The first-order chi connectivity index (χ1) is 10.6. The second kappa shape index (κ2) is 7.12. The normalized spacial score (nSPS) is 14.9. The van der Waals surface area contributed by atoms with E-state index < -0.39 is 0 Å². The summed E-state index contributed by atoms with van der Waals surface area (Å²) in [6.07, 6.45) is 6.12. The van der Waals surface area contributed by atoms with Crippen molar-refractivity contribution in [2.45, 2.75) is 46.0 Å². The highest BCUT2D eigenvalue weighted by Crippen LogP contribution is 2.22. The molecule has 0 aliphatic heterocycles. The van der Waals surface area contributed by atoms with E-state index in [-0.39, 0.29) is 17.0 Å². The molecule has 0 atom stereocenters. The van der Waals surface area contributed by atoms with Gasteiger partial charge in [-0.15, -0.1) is 0 Å². The number of nitrogen functional groups attached to an aromatic ring is 1. The molecule has 3 N–H and O–H groups in total. The van der Waals surface area contributed by atoms with Gasteiger partial charge in [0, 0.05) is 13.0 Å². The van der Waals surface area contributed by atoms with Gasteiger partial charge in [-0.25, -0.2) is 4.98 Å². The molecule has 2 aromatic heterocycles. The predicted molar refractivity (Wildman–Crippen MR) is 88.3 cm³/mol. The Morgan fingerprint density at radius 2 is 1.91 bits per heavy atom. The van der Waals surface area contributed by atoms with Crippen LogP contribution in [0.3, 0.4) is 0 Å². The molecule has 6 heteroatoms. The maximum absolute atomic E-state index is 11.8. The number of rotatable bonds is 0. The van der Waals surface area contributed by atoms with Crippen LogP contribution >= 0.6 is 0 Å². The van der Waals surface area contributed by atoms with E-state index in [9.17, 15) is 4.79 Å². The molecule has 1 aliphatic rings. The third-order valence-electron chi connectivity index (χ3n) is 3.74. The molecule has 2 heterocycles. The Kier molecular flexibility index (Phi) is 5.21. The lowest BCUT2D eigenvalue weighted by Gasteiger charge is -2.15. The molecule has 22 heavy (non-hydrogen) atoms. The van der Waals surface area contributed by atoms with Crippen LogP contribution in [0.25, 0.3) is 11.2 Å². The molecule has 0 unspecified atom stereocenters. The predicted octanol–water partition coefficient (Wildman–Crippen LogP) is 2.20. The minimum Gasteiger partial charge on any atom is -0.369 e. The van der Waals surface area contributed by atoms with E-state index >= 15 is 0 Å². The molecule has 0 radical (unpaired) electrons. The van der Waals surface area contributed by atoms with Crippen LogP contribution in [-0.4, -0.2) is 19.5 Å². The zero-order chi connectivity index (χ0) is 16.1. The summed E-state index contributed by atoms with van der Waals surface area (Å²) < 4.78 is 1.72. The topological polar surface area (TPSA) is 89.6 Å². The molecule has 1 fully saturated rings. The Labute approximate surface area is 130 Å². The Hall–Kier alpha value is -2.29. The first-order valence-electron chi connectivity index (χ1n) is 7.89. The molecule has 1 aliphatic carbocycles. The highest BCUT2D eigenvalue weighted by atomic mass is 16.1. The molecule has 6 nitrogen and oxygen atoms in total. The van der Waals surface area contributed by atoms with E-state index in [2.05, 4.69) is 26.8 Å². The van der Waals surface area contributed by atoms with Gasteiger partial charge in [-0.3, -0.25) is 9.78 Å². The first kappa shape index (κ1) is 16.1. The fourth-order valence-electron chi connectivity index (χ4n) is 2.61. The van der Waals surface area contributed by atoms with Crippen molar-refractivity contribution in [1.29, 1.82) is 0 Å². The molecular formula is C16H23N5O. The zero-order valence-electron chi connectivity index (χ0n) is 13.4. The van der Waals surface area contributed by atoms with Crippen LogP contribution in [0.1, 0.15) is 51.8 Å². The molecule has 118 valence electrons. The summed E-state index contributed by atoms with van der Waals surface area (Å²) in [5.74, 6) is 7.46. The van der Waals surface area contributed by atoms with Gasteiger partial charge < -0.3 is 10.3 Å². The van der Waals surface area contributed by atoms with E-state index in [4.69, 9.17) is 5.73 Å². The molecule has 0 spiro atoms. The Morgan fingerprint density at radius 1 is 1.23 bits per heavy atom. The van der Waals surface area contributed by atoms with E-state index in [0.717, 1.165) is 12.8 Å². The van der Waals surface area contributed by atoms with Gasteiger partial charge in [0.1, 0.15) is 0 Å². The van der Waals surface area contributed by atoms with Crippen LogP contribution in [0.2, 0.25) is 0 Å². The van der Waals surface area contributed by atoms with Gasteiger partial charge in [0.15, 0.2) is 17.0 Å². The lowest BCUT2D eigenvalue weighted by Crippen LogP contribution is -2.11. The van der Waals surface area contributed by atoms with Crippen LogP contribution in [0, 0.1) is 17.8 Å². The van der Waals surface area contributed by atoms with Gasteiger partial charge in [-0.1, -0.05) is 39.0 Å². The van der Waals surface area contributed by atoms with Crippen molar-refractivity contribution in [2.75, 3.05) is 5.73 Å². The van der Waals surface area contributed by atoms with E-state index in [1.807, 2.05) is 13.8 Å². The highest BCUT2D eigenvalue weighted by Gasteiger charge is 2.13. The van der Waals surface area contributed by atoms with E-state index in [1.165, 1.54) is 19.3 Å². The number of nitrogens with one attached hydrogen (secondary N) is 1. The summed E-state index contributed by atoms with van der Waals surface area (Å²) in [5, 5.41) is 0. The first-order valence-corrected chi connectivity index (χ1v) is 7.89. The number of fused-ring (bicyclic) bond motifs is 1. The number of hydrogen-bond donors (Lipinski definition) is 2. The van der Waals surface area contributed by atoms with Crippen molar-refractivity contribution >= 4 is 17.1 Å². The largest absolute Gasteiger partial charge is 0.369 e. The summed E-state index contributed by atoms with van der Waals surface area (Å²) in [7, 11) is 1.80.